The van der Waals surface area contributed by atoms with E-state index in [0.29, 0.717) is 12.0 Å². The van der Waals surface area contributed by atoms with E-state index in [2.05, 4.69) is 0 Å². The van der Waals surface area contributed by atoms with Crippen molar-refractivity contribution in [3.8, 4) is 0 Å². The molecule has 1 saturated heterocycles. The number of halogens is 1. The number of anilines is 2. The van der Waals surface area contributed by atoms with Gasteiger partial charge in [-0.3, -0.25) is 24.6 Å². The van der Waals surface area contributed by atoms with Gasteiger partial charge >= 0.3 is 0 Å². The zero-order valence-corrected chi connectivity index (χ0v) is 19.9. The predicted octanol–water partition coefficient (Wildman–Crippen LogP) is 3.46. The molecule has 3 aromatic rings. The molecule has 5 rings (SSSR count). The molecule has 11 heteroatoms. The van der Waals surface area contributed by atoms with Crippen molar-refractivity contribution >= 4 is 38.7 Å². The topological polar surface area (TPSA) is 118 Å². The third kappa shape index (κ3) is 3.30. The van der Waals surface area contributed by atoms with Crippen molar-refractivity contribution in [2.45, 2.75) is 24.8 Å². The normalized spacial score (nSPS) is 20.3. The van der Waals surface area contributed by atoms with Gasteiger partial charge in [-0.25, -0.2) is 12.8 Å². The number of aryl methyl sites for hydroxylation is 1. The highest BCUT2D eigenvalue weighted by Gasteiger charge is 2.70. The van der Waals surface area contributed by atoms with Crippen molar-refractivity contribution in [3.05, 3.63) is 99.4 Å². The molecule has 9 nitrogen and oxygen atoms in total. The Balaban J connectivity index is 1.76. The van der Waals surface area contributed by atoms with Gasteiger partial charge in [-0.2, -0.15) is 0 Å². The Kier molecular flexibility index (Phi) is 5.40. The van der Waals surface area contributed by atoms with Crippen LogP contribution in [0.1, 0.15) is 23.6 Å². The van der Waals surface area contributed by atoms with E-state index in [1.54, 1.807) is 24.3 Å². The number of rotatable bonds is 5. The first-order chi connectivity index (χ1) is 17.1. The average Bonchev–Trinajstić information content (AvgIpc) is 3.22. The van der Waals surface area contributed by atoms with Crippen LogP contribution in [0.3, 0.4) is 0 Å². The van der Waals surface area contributed by atoms with E-state index in [0.717, 1.165) is 16.5 Å². The molecule has 0 aromatic heterocycles. The van der Waals surface area contributed by atoms with Crippen LogP contribution in [0.5, 0.6) is 0 Å². The quantitative estimate of drug-likeness (QED) is 0.384. The van der Waals surface area contributed by atoms with Gasteiger partial charge in [0.15, 0.2) is 9.84 Å². The summed E-state index contributed by atoms with van der Waals surface area (Å²) in [5.41, 5.74) is 1.19. The molecule has 0 radical (unpaired) electrons. The second-order valence-electron chi connectivity index (χ2n) is 8.63. The Morgan fingerprint density at radius 1 is 1.00 bits per heavy atom. The summed E-state index contributed by atoms with van der Waals surface area (Å²) in [6.45, 7) is 1.81. The van der Waals surface area contributed by atoms with Crippen LogP contribution in [-0.2, 0) is 37.3 Å². The highest BCUT2D eigenvalue weighted by molar-refractivity contribution is 7.94. The molecule has 2 aliphatic rings. The van der Waals surface area contributed by atoms with Gasteiger partial charge in [-0.15, -0.1) is 0 Å². The van der Waals surface area contributed by atoms with Crippen molar-refractivity contribution in [3.63, 3.8) is 0 Å². The van der Waals surface area contributed by atoms with Gasteiger partial charge in [-0.05, 0) is 47.9 Å². The van der Waals surface area contributed by atoms with Crippen molar-refractivity contribution in [1.29, 1.82) is 0 Å². The summed E-state index contributed by atoms with van der Waals surface area (Å²) in [6.07, 6.45) is 0.705. The monoisotopic (exact) mass is 509 g/mol. The molecule has 2 amide bonds. The number of amides is 2. The lowest BCUT2D eigenvalue weighted by Gasteiger charge is -2.32. The SMILES string of the molecule is CCc1ccc(N2C(=O)CS(=O)(=O)C23C(=O)N(Cc2ccc(F)cc2)c2ccc([N+](=O)[O-])cc23)cc1. The molecule has 1 fully saturated rings. The van der Waals surface area contributed by atoms with E-state index >= 15 is 0 Å². The van der Waals surface area contributed by atoms with Gasteiger partial charge in [-0.1, -0.05) is 31.2 Å². The summed E-state index contributed by atoms with van der Waals surface area (Å²) in [6, 6.07) is 15.4. The van der Waals surface area contributed by atoms with Crippen LogP contribution in [0, 0.1) is 15.9 Å². The number of hydrogen-bond donors (Lipinski definition) is 0. The van der Waals surface area contributed by atoms with Crippen LogP contribution in [0.4, 0.5) is 21.5 Å². The molecular formula is C25H20FN3O6S. The third-order valence-corrected chi connectivity index (χ3v) is 8.67. The minimum atomic E-state index is -4.48. The zero-order valence-electron chi connectivity index (χ0n) is 19.0. The summed E-state index contributed by atoms with van der Waals surface area (Å²) in [5, 5.41) is 11.6. The minimum absolute atomic E-state index is 0.127. The van der Waals surface area contributed by atoms with E-state index in [-0.39, 0.29) is 23.5 Å². The zero-order chi connectivity index (χ0) is 25.8. The van der Waals surface area contributed by atoms with Gasteiger partial charge in [0.05, 0.1) is 17.2 Å². The summed E-state index contributed by atoms with van der Waals surface area (Å²) in [7, 11) is -4.48. The molecule has 1 unspecified atom stereocenters. The van der Waals surface area contributed by atoms with Gasteiger partial charge in [0, 0.05) is 23.4 Å². The largest absolute Gasteiger partial charge is 0.304 e. The molecule has 1 spiro atoms. The fraction of sp³-hybridized carbons (Fsp3) is 0.200. The Morgan fingerprint density at radius 2 is 1.64 bits per heavy atom. The first-order valence-electron chi connectivity index (χ1n) is 11.1. The number of carbonyl (C=O) groups excluding carboxylic acids is 2. The first kappa shape index (κ1) is 23.6. The smallest absolute Gasteiger partial charge is 0.274 e. The summed E-state index contributed by atoms with van der Waals surface area (Å²) in [4.78, 5) is 37.8. The van der Waals surface area contributed by atoms with Crippen molar-refractivity contribution in [2.75, 3.05) is 15.6 Å². The first-order valence-corrected chi connectivity index (χ1v) is 12.7. The third-order valence-electron chi connectivity index (χ3n) is 6.57. The van der Waals surface area contributed by atoms with E-state index in [4.69, 9.17) is 0 Å². The number of carbonyl (C=O) groups is 2. The Labute approximate surface area is 205 Å². The average molecular weight is 510 g/mol. The molecule has 0 saturated carbocycles. The van der Waals surface area contributed by atoms with Crippen LogP contribution in [-0.4, -0.2) is 30.9 Å². The maximum absolute atomic E-state index is 14.1. The molecule has 36 heavy (non-hydrogen) atoms. The van der Waals surface area contributed by atoms with Gasteiger partial charge in [0.1, 0.15) is 11.6 Å². The van der Waals surface area contributed by atoms with Gasteiger partial charge in [0.25, 0.3) is 16.5 Å². The summed E-state index contributed by atoms with van der Waals surface area (Å²) in [5.74, 6) is -3.15. The lowest BCUT2D eigenvalue weighted by Crippen LogP contribution is -2.54. The second kappa shape index (κ2) is 8.23. The maximum atomic E-state index is 14.1. The Morgan fingerprint density at radius 3 is 2.25 bits per heavy atom. The number of nitrogens with zero attached hydrogens (tertiary/aromatic N) is 3. The number of fused-ring (bicyclic) bond motifs is 2. The number of hydrogen-bond acceptors (Lipinski definition) is 6. The van der Waals surface area contributed by atoms with Crippen LogP contribution in [0.25, 0.3) is 0 Å². The number of nitro groups is 1. The van der Waals surface area contributed by atoms with Crippen LogP contribution in [0.15, 0.2) is 66.7 Å². The van der Waals surface area contributed by atoms with E-state index in [1.807, 2.05) is 6.92 Å². The summed E-state index contributed by atoms with van der Waals surface area (Å²) < 4.78 is 40.8. The molecule has 3 aromatic carbocycles. The molecule has 2 aliphatic heterocycles. The molecule has 0 bridgehead atoms. The fourth-order valence-corrected chi connectivity index (χ4v) is 6.87. The Hall–Kier alpha value is -4.12. The maximum Gasteiger partial charge on any atom is 0.274 e. The van der Waals surface area contributed by atoms with Crippen molar-refractivity contribution in [2.24, 2.45) is 0 Å². The molecule has 0 N–H and O–H groups in total. The fourth-order valence-electron chi connectivity index (χ4n) is 4.85. The van der Waals surface area contributed by atoms with Crippen LogP contribution >= 0.6 is 0 Å². The number of benzene rings is 3. The van der Waals surface area contributed by atoms with Crippen LogP contribution in [0.2, 0.25) is 0 Å². The van der Waals surface area contributed by atoms with Crippen molar-refractivity contribution in [1.82, 2.24) is 0 Å². The Bertz CT molecular complexity index is 1520. The van der Waals surface area contributed by atoms with E-state index in [9.17, 15) is 32.5 Å². The predicted molar refractivity (Wildman–Crippen MR) is 129 cm³/mol. The van der Waals surface area contributed by atoms with Gasteiger partial charge in [0.2, 0.25) is 5.91 Å². The van der Waals surface area contributed by atoms with E-state index < -0.39 is 48.7 Å². The lowest BCUT2D eigenvalue weighted by atomic mass is 10.0. The van der Waals surface area contributed by atoms with E-state index in [1.165, 1.54) is 41.3 Å². The van der Waals surface area contributed by atoms with Gasteiger partial charge < -0.3 is 4.90 Å². The second-order valence-corrected chi connectivity index (χ2v) is 10.7. The standard InChI is InChI=1S/C25H20FN3O6S/c1-2-16-5-9-19(10-6-16)28-23(30)15-36(34,35)25(28)21-13-20(29(32)33)11-12-22(21)27(24(25)31)14-17-3-7-18(26)8-4-17/h3-13H,2,14-15H2,1H3. The number of sulfone groups is 1. The molecule has 2 heterocycles. The molecule has 0 aliphatic carbocycles. The van der Waals surface area contributed by atoms with Crippen LogP contribution < -0.4 is 9.80 Å². The lowest BCUT2D eigenvalue weighted by molar-refractivity contribution is -0.384. The number of nitro benzene ring substituents is 1. The highest BCUT2D eigenvalue weighted by atomic mass is 32.2. The highest BCUT2D eigenvalue weighted by Crippen LogP contribution is 2.53. The van der Waals surface area contributed by atoms with Crippen molar-refractivity contribution < 1.29 is 27.3 Å². The minimum Gasteiger partial charge on any atom is -0.304 e. The number of non-ortho nitro benzene ring substituents is 1. The molecular weight excluding hydrogens is 489 g/mol. The molecule has 1 atom stereocenters. The summed E-state index contributed by atoms with van der Waals surface area (Å²) >= 11 is 0. The molecule has 184 valence electrons.